The lowest BCUT2D eigenvalue weighted by Crippen LogP contribution is -2.12. The molecular weight excluding hydrogens is 344 g/mol. The molecule has 0 atom stereocenters. The lowest BCUT2D eigenvalue weighted by atomic mass is 10.1. The molecule has 0 saturated carbocycles. The van der Waals surface area contributed by atoms with Crippen LogP contribution in [0.4, 0.5) is 5.69 Å². The van der Waals surface area contributed by atoms with Crippen LogP contribution < -0.4 is 10.1 Å². The van der Waals surface area contributed by atoms with Crippen LogP contribution in [0.15, 0.2) is 53.9 Å². The van der Waals surface area contributed by atoms with E-state index in [2.05, 4.69) is 10.3 Å². The van der Waals surface area contributed by atoms with Gasteiger partial charge in [-0.3, -0.25) is 4.79 Å². The Hall–Kier alpha value is -2.66. The highest BCUT2D eigenvalue weighted by Gasteiger charge is 2.08. The molecule has 134 valence electrons. The monoisotopic (exact) mass is 366 g/mol. The van der Waals surface area contributed by atoms with Crippen molar-refractivity contribution >= 4 is 22.9 Å². The number of hydrogen-bond donors (Lipinski definition) is 1. The maximum Gasteiger partial charge on any atom is 0.224 e. The summed E-state index contributed by atoms with van der Waals surface area (Å²) in [5.41, 5.74) is 3.87. The van der Waals surface area contributed by atoms with Crippen molar-refractivity contribution in [3.63, 3.8) is 0 Å². The van der Waals surface area contributed by atoms with Crippen molar-refractivity contribution in [2.45, 2.75) is 26.7 Å². The number of nitrogens with zero attached hydrogens (tertiary/aromatic N) is 1. The molecule has 0 fully saturated rings. The average Bonchev–Trinajstić information content (AvgIpc) is 3.08. The Kier molecular flexibility index (Phi) is 6.02. The number of para-hydroxylation sites is 1. The van der Waals surface area contributed by atoms with Crippen LogP contribution in [0.1, 0.15) is 23.9 Å². The summed E-state index contributed by atoms with van der Waals surface area (Å²) in [7, 11) is 0. The van der Waals surface area contributed by atoms with Crippen molar-refractivity contribution in [2.24, 2.45) is 0 Å². The number of aromatic nitrogens is 1. The van der Waals surface area contributed by atoms with Gasteiger partial charge in [-0.25, -0.2) is 4.98 Å². The maximum atomic E-state index is 12.3. The van der Waals surface area contributed by atoms with Gasteiger partial charge in [0, 0.05) is 23.1 Å². The number of aryl methyl sites for hydroxylation is 2. The average molecular weight is 366 g/mol. The number of thiazole rings is 1. The zero-order valence-corrected chi connectivity index (χ0v) is 15.8. The topological polar surface area (TPSA) is 51.2 Å². The van der Waals surface area contributed by atoms with Gasteiger partial charge >= 0.3 is 0 Å². The zero-order valence-electron chi connectivity index (χ0n) is 15.0. The van der Waals surface area contributed by atoms with E-state index in [-0.39, 0.29) is 5.91 Å². The van der Waals surface area contributed by atoms with E-state index in [1.807, 2.05) is 67.8 Å². The van der Waals surface area contributed by atoms with Crippen molar-refractivity contribution in [3.05, 3.63) is 64.5 Å². The molecule has 0 spiro atoms. The Balaban J connectivity index is 1.57. The minimum absolute atomic E-state index is 0.00597. The van der Waals surface area contributed by atoms with Crippen molar-refractivity contribution in [3.8, 4) is 17.0 Å². The molecule has 0 radical (unpaired) electrons. The third-order valence-corrected chi connectivity index (χ3v) is 4.75. The molecule has 3 rings (SSSR count). The number of benzene rings is 2. The number of hydrogen-bond acceptors (Lipinski definition) is 4. The van der Waals surface area contributed by atoms with E-state index in [0.717, 1.165) is 33.3 Å². The number of anilines is 1. The number of rotatable bonds is 7. The Bertz CT molecular complexity index is 872. The summed E-state index contributed by atoms with van der Waals surface area (Å²) >= 11 is 1.63. The highest BCUT2D eigenvalue weighted by Crippen LogP contribution is 2.23. The number of amides is 1. The van der Waals surface area contributed by atoms with Crippen LogP contribution in [0.25, 0.3) is 11.3 Å². The van der Waals surface area contributed by atoms with Gasteiger partial charge < -0.3 is 10.1 Å². The summed E-state index contributed by atoms with van der Waals surface area (Å²) in [5, 5.41) is 6.04. The van der Waals surface area contributed by atoms with Gasteiger partial charge in [-0.1, -0.05) is 30.3 Å². The van der Waals surface area contributed by atoms with Gasteiger partial charge in [-0.2, -0.15) is 0 Å². The van der Waals surface area contributed by atoms with Crippen LogP contribution in [0.2, 0.25) is 0 Å². The highest BCUT2D eigenvalue weighted by molar-refractivity contribution is 7.09. The van der Waals surface area contributed by atoms with E-state index >= 15 is 0 Å². The summed E-state index contributed by atoms with van der Waals surface area (Å²) in [5.74, 6) is 0.847. The molecule has 26 heavy (non-hydrogen) atoms. The van der Waals surface area contributed by atoms with Crippen LogP contribution in [0.5, 0.6) is 5.75 Å². The standard InChI is InChI=1S/C21H22N2O2S/c1-3-25-20-7-5-4-6-17(20)10-13-21(24)23-18-11-8-16(9-12-18)19-14-26-15(2)22-19/h4-9,11-12,14H,3,10,13H2,1-2H3,(H,23,24). The second kappa shape index (κ2) is 8.63. The minimum Gasteiger partial charge on any atom is -0.494 e. The minimum atomic E-state index is -0.00597. The van der Waals surface area contributed by atoms with Gasteiger partial charge in [0.15, 0.2) is 0 Å². The van der Waals surface area contributed by atoms with E-state index in [1.165, 1.54) is 0 Å². The van der Waals surface area contributed by atoms with E-state index in [0.29, 0.717) is 19.4 Å². The zero-order chi connectivity index (χ0) is 18.4. The Labute approximate surface area is 157 Å². The van der Waals surface area contributed by atoms with Crippen LogP contribution in [0.3, 0.4) is 0 Å². The quantitative estimate of drug-likeness (QED) is 0.634. The second-order valence-electron chi connectivity index (χ2n) is 5.92. The van der Waals surface area contributed by atoms with Gasteiger partial charge in [0.1, 0.15) is 5.75 Å². The summed E-state index contributed by atoms with van der Waals surface area (Å²) in [6, 6.07) is 15.6. The maximum absolute atomic E-state index is 12.3. The van der Waals surface area contributed by atoms with Gasteiger partial charge in [0.05, 0.1) is 17.3 Å². The van der Waals surface area contributed by atoms with Crippen LogP contribution in [0, 0.1) is 6.92 Å². The van der Waals surface area contributed by atoms with Gasteiger partial charge in [0.2, 0.25) is 5.91 Å². The Morgan fingerprint density at radius 3 is 2.62 bits per heavy atom. The highest BCUT2D eigenvalue weighted by atomic mass is 32.1. The van der Waals surface area contributed by atoms with E-state index in [1.54, 1.807) is 11.3 Å². The van der Waals surface area contributed by atoms with Gasteiger partial charge in [0.25, 0.3) is 0 Å². The van der Waals surface area contributed by atoms with Crippen molar-refractivity contribution in [1.29, 1.82) is 0 Å². The molecular formula is C21H22N2O2S. The molecule has 0 aliphatic heterocycles. The summed E-state index contributed by atoms with van der Waals surface area (Å²) in [6.07, 6.45) is 1.06. The lowest BCUT2D eigenvalue weighted by molar-refractivity contribution is -0.116. The molecule has 1 N–H and O–H groups in total. The number of nitrogens with one attached hydrogen (secondary N) is 1. The molecule has 0 unspecified atom stereocenters. The Morgan fingerprint density at radius 2 is 1.92 bits per heavy atom. The number of ether oxygens (including phenoxy) is 1. The molecule has 0 bridgehead atoms. The van der Waals surface area contributed by atoms with Crippen molar-refractivity contribution < 1.29 is 9.53 Å². The second-order valence-corrected chi connectivity index (χ2v) is 6.98. The summed E-state index contributed by atoms with van der Waals surface area (Å²) in [6.45, 7) is 4.57. The summed E-state index contributed by atoms with van der Waals surface area (Å²) < 4.78 is 5.61. The molecule has 0 saturated heterocycles. The normalized spacial score (nSPS) is 10.5. The van der Waals surface area contributed by atoms with E-state index in [9.17, 15) is 4.79 Å². The predicted molar refractivity (Wildman–Crippen MR) is 107 cm³/mol. The molecule has 0 aliphatic rings. The first-order valence-electron chi connectivity index (χ1n) is 8.69. The van der Waals surface area contributed by atoms with Crippen LogP contribution in [-0.4, -0.2) is 17.5 Å². The fraction of sp³-hybridized carbons (Fsp3) is 0.238. The van der Waals surface area contributed by atoms with Crippen molar-refractivity contribution in [1.82, 2.24) is 4.98 Å². The third kappa shape index (κ3) is 4.70. The first-order valence-corrected chi connectivity index (χ1v) is 9.57. The molecule has 1 amide bonds. The lowest BCUT2D eigenvalue weighted by Gasteiger charge is -2.10. The van der Waals surface area contributed by atoms with Gasteiger partial charge in [-0.15, -0.1) is 11.3 Å². The molecule has 3 aromatic rings. The van der Waals surface area contributed by atoms with Crippen LogP contribution >= 0.6 is 11.3 Å². The van der Waals surface area contributed by atoms with E-state index < -0.39 is 0 Å². The summed E-state index contributed by atoms with van der Waals surface area (Å²) in [4.78, 5) is 16.7. The fourth-order valence-electron chi connectivity index (χ4n) is 2.70. The number of carbonyl (C=O) groups is 1. The molecule has 5 heteroatoms. The Morgan fingerprint density at radius 1 is 1.15 bits per heavy atom. The fourth-order valence-corrected chi connectivity index (χ4v) is 3.32. The van der Waals surface area contributed by atoms with Crippen LogP contribution in [-0.2, 0) is 11.2 Å². The van der Waals surface area contributed by atoms with Crippen molar-refractivity contribution in [2.75, 3.05) is 11.9 Å². The number of carbonyl (C=O) groups excluding carboxylic acids is 1. The first kappa shape index (κ1) is 18.1. The third-order valence-electron chi connectivity index (χ3n) is 3.98. The SMILES string of the molecule is CCOc1ccccc1CCC(=O)Nc1ccc(-c2csc(C)n2)cc1. The van der Waals surface area contributed by atoms with Gasteiger partial charge in [-0.05, 0) is 44.0 Å². The molecule has 1 aromatic heterocycles. The largest absolute Gasteiger partial charge is 0.494 e. The molecule has 2 aromatic carbocycles. The molecule has 1 heterocycles. The first-order chi connectivity index (χ1) is 12.7. The smallest absolute Gasteiger partial charge is 0.224 e. The predicted octanol–water partition coefficient (Wildman–Crippen LogP) is 5.09. The molecule has 4 nitrogen and oxygen atoms in total. The molecule has 0 aliphatic carbocycles. The van der Waals surface area contributed by atoms with E-state index in [4.69, 9.17) is 4.74 Å².